The highest BCUT2D eigenvalue weighted by molar-refractivity contribution is 5.95. The molecular formula is C16H24N6O2. The summed E-state index contributed by atoms with van der Waals surface area (Å²) in [6, 6.07) is 0. The highest BCUT2D eigenvalue weighted by Crippen LogP contribution is 2.32. The molecule has 8 nitrogen and oxygen atoms in total. The first-order chi connectivity index (χ1) is 11.2. The fourth-order valence-corrected chi connectivity index (χ4v) is 3.21. The molecule has 0 bridgehead atoms. The van der Waals surface area contributed by atoms with Gasteiger partial charge in [0.15, 0.2) is 0 Å². The molecule has 0 aliphatic carbocycles. The number of aliphatic hydroxyl groups is 1. The van der Waals surface area contributed by atoms with Crippen molar-refractivity contribution in [2.75, 3.05) is 13.1 Å². The summed E-state index contributed by atoms with van der Waals surface area (Å²) in [5, 5.41) is 25.6. The lowest BCUT2D eigenvalue weighted by Gasteiger charge is -2.38. The quantitative estimate of drug-likeness (QED) is 0.853. The zero-order valence-corrected chi connectivity index (χ0v) is 14.6. The first-order valence-electron chi connectivity index (χ1n) is 8.13. The number of aromatic amines is 1. The Labute approximate surface area is 140 Å². The minimum Gasteiger partial charge on any atom is -0.382 e. The van der Waals surface area contributed by atoms with Gasteiger partial charge in [0, 0.05) is 25.2 Å². The van der Waals surface area contributed by atoms with E-state index in [0.29, 0.717) is 30.6 Å². The average Bonchev–Trinajstić information content (AvgIpc) is 3.15. The maximum atomic E-state index is 13.1. The number of nitrogens with one attached hydrogen (secondary N) is 1. The minimum absolute atomic E-state index is 0.102. The zero-order valence-electron chi connectivity index (χ0n) is 14.6. The largest absolute Gasteiger partial charge is 0.382 e. The highest BCUT2D eigenvalue weighted by Gasteiger charge is 2.40. The topological polar surface area (TPSA) is 99.9 Å². The van der Waals surface area contributed by atoms with Gasteiger partial charge in [-0.05, 0) is 12.8 Å². The van der Waals surface area contributed by atoms with Crippen LogP contribution in [0.5, 0.6) is 0 Å². The van der Waals surface area contributed by atoms with Gasteiger partial charge in [0.05, 0.1) is 24.0 Å². The van der Waals surface area contributed by atoms with E-state index in [1.807, 2.05) is 27.8 Å². The van der Waals surface area contributed by atoms with Gasteiger partial charge in [-0.3, -0.25) is 9.48 Å². The molecule has 1 saturated heterocycles. The van der Waals surface area contributed by atoms with Gasteiger partial charge in [0.1, 0.15) is 11.3 Å². The molecule has 1 fully saturated rings. The molecule has 1 aliphatic rings. The van der Waals surface area contributed by atoms with Crippen molar-refractivity contribution < 1.29 is 9.90 Å². The molecule has 1 atom stereocenters. The van der Waals surface area contributed by atoms with Crippen molar-refractivity contribution in [3.8, 4) is 0 Å². The number of amides is 1. The molecule has 8 heteroatoms. The summed E-state index contributed by atoms with van der Waals surface area (Å²) in [7, 11) is 1.81. The summed E-state index contributed by atoms with van der Waals surface area (Å²) in [4.78, 5) is 14.7. The first kappa shape index (κ1) is 16.6. The number of hydrogen-bond acceptors (Lipinski definition) is 5. The van der Waals surface area contributed by atoms with Gasteiger partial charge in [-0.25, -0.2) is 0 Å². The van der Waals surface area contributed by atoms with E-state index in [9.17, 15) is 9.90 Å². The van der Waals surface area contributed by atoms with Crippen LogP contribution < -0.4 is 0 Å². The van der Waals surface area contributed by atoms with E-state index in [0.717, 1.165) is 5.69 Å². The van der Waals surface area contributed by atoms with E-state index in [4.69, 9.17) is 0 Å². The van der Waals surface area contributed by atoms with E-state index in [1.54, 1.807) is 15.8 Å². The van der Waals surface area contributed by atoms with Crippen LogP contribution in [-0.4, -0.2) is 54.2 Å². The summed E-state index contributed by atoms with van der Waals surface area (Å²) in [5.41, 5.74) is 0.442. The van der Waals surface area contributed by atoms with Crippen molar-refractivity contribution in [1.82, 2.24) is 30.1 Å². The number of carbonyl (C=O) groups is 1. The molecule has 2 aromatic rings. The van der Waals surface area contributed by atoms with Crippen molar-refractivity contribution in [1.29, 1.82) is 0 Å². The Kier molecular flexibility index (Phi) is 3.95. The average molecular weight is 332 g/mol. The van der Waals surface area contributed by atoms with Crippen LogP contribution in [0, 0.1) is 0 Å². The molecule has 0 radical (unpaired) electrons. The number of aromatic nitrogens is 5. The Balaban J connectivity index is 1.88. The summed E-state index contributed by atoms with van der Waals surface area (Å²) in [6.45, 7) is 6.92. The lowest BCUT2D eigenvalue weighted by molar-refractivity contribution is -0.0320. The van der Waals surface area contributed by atoms with E-state index in [2.05, 4.69) is 20.5 Å². The number of rotatable bonds is 2. The van der Waals surface area contributed by atoms with Crippen LogP contribution in [0.2, 0.25) is 0 Å². The molecule has 3 rings (SSSR count). The Morgan fingerprint density at radius 1 is 1.42 bits per heavy atom. The smallest absolute Gasteiger partial charge is 0.257 e. The van der Waals surface area contributed by atoms with Crippen molar-refractivity contribution in [3.05, 3.63) is 29.3 Å². The summed E-state index contributed by atoms with van der Waals surface area (Å²) >= 11 is 0. The fourth-order valence-electron chi connectivity index (χ4n) is 3.21. The third-order valence-electron chi connectivity index (χ3n) is 4.42. The van der Waals surface area contributed by atoms with E-state index in [-0.39, 0.29) is 17.9 Å². The Bertz CT molecular complexity index is 730. The molecule has 24 heavy (non-hydrogen) atoms. The predicted molar refractivity (Wildman–Crippen MR) is 87.3 cm³/mol. The Hall–Kier alpha value is -2.22. The first-order valence-corrected chi connectivity index (χ1v) is 8.13. The van der Waals surface area contributed by atoms with E-state index < -0.39 is 5.60 Å². The summed E-state index contributed by atoms with van der Waals surface area (Å²) in [6.07, 6.45) is 4.54. The fraction of sp³-hybridized carbons (Fsp3) is 0.625. The second-order valence-electron chi connectivity index (χ2n) is 7.53. The Morgan fingerprint density at radius 2 is 2.17 bits per heavy atom. The number of hydrogen-bond donors (Lipinski definition) is 2. The molecule has 3 heterocycles. The SMILES string of the molecule is Cn1cc(C(=O)N2CCCC(O)(c3cn[nH]n3)C2)c(C(C)(C)C)n1. The van der Waals surface area contributed by atoms with E-state index >= 15 is 0 Å². The minimum atomic E-state index is -1.16. The third kappa shape index (κ3) is 2.93. The molecule has 2 aromatic heterocycles. The number of β-amino-alcohol motifs (C(OH)–C–C–N with tert-alkyl or cyclic N) is 1. The molecule has 0 spiro atoms. The molecule has 2 N–H and O–H groups in total. The molecular weight excluding hydrogens is 308 g/mol. The predicted octanol–water partition coefficient (Wildman–Crippen LogP) is 0.959. The zero-order chi connectivity index (χ0) is 17.5. The molecule has 130 valence electrons. The normalized spacial score (nSPS) is 22.0. The van der Waals surface area contributed by atoms with Gasteiger partial charge in [-0.2, -0.15) is 20.5 Å². The van der Waals surface area contributed by atoms with Crippen LogP contribution in [0.3, 0.4) is 0 Å². The van der Waals surface area contributed by atoms with Gasteiger partial charge in [-0.1, -0.05) is 20.8 Å². The number of carbonyl (C=O) groups excluding carboxylic acids is 1. The van der Waals surface area contributed by atoms with Gasteiger partial charge >= 0.3 is 0 Å². The maximum absolute atomic E-state index is 13.1. The second kappa shape index (κ2) is 5.70. The molecule has 0 aromatic carbocycles. The lowest BCUT2D eigenvalue weighted by atomic mass is 9.87. The van der Waals surface area contributed by atoms with Gasteiger partial charge in [0.25, 0.3) is 5.91 Å². The van der Waals surface area contributed by atoms with Gasteiger partial charge in [-0.15, -0.1) is 0 Å². The van der Waals surface area contributed by atoms with Gasteiger partial charge in [0.2, 0.25) is 0 Å². The van der Waals surface area contributed by atoms with Crippen LogP contribution in [0.1, 0.15) is 55.4 Å². The van der Waals surface area contributed by atoms with Crippen molar-refractivity contribution in [3.63, 3.8) is 0 Å². The van der Waals surface area contributed by atoms with Crippen LogP contribution in [0.25, 0.3) is 0 Å². The standard InChI is InChI=1S/C16H24N6O2/c1-15(2,3)13-11(9-21(4)19-13)14(23)22-7-5-6-16(24,10-22)12-8-17-20-18-12/h8-9,24H,5-7,10H2,1-4H3,(H,17,18,20). The summed E-state index contributed by atoms with van der Waals surface area (Å²) in [5.74, 6) is -0.102. The van der Waals surface area contributed by atoms with Crippen LogP contribution in [-0.2, 0) is 18.1 Å². The molecule has 0 saturated carbocycles. The number of nitrogens with zero attached hydrogens (tertiary/aromatic N) is 5. The summed E-state index contributed by atoms with van der Waals surface area (Å²) < 4.78 is 1.67. The van der Waals surface area contributed by atoms with Crippen LogP contribution in [0.15, 0.2) is 12.4 Å². The number of aryl methyl sites for hydroxylation is 1. The van der Waals surface area contributed by atoms with E-state index in [1.165, 1.54) is 6.20 Å². The molecule has 1 aliphatic heterocycles. The van der Waals surface area contributed by atoms with Crippen molar-refractivity contribution in [2.45, 2.75) is 44.6 Å². The van der Waals surface area contributed by atoms with Crippen LogP contribution in [0.4, 0.5) is 0 Å². The maximum Gasteiger partial charge on any atom is 0.257 e. The van der Waals surface area contributed by atoms with Gasteiger partial charge < -0.3 is 10.0 Å². The third-order valence-corrected chi connectivity index (χ3v) is 4.42. The van der Waals surface area contributed by atoms with Crippen molar-refractivity contribution >= 4 is 5.91 Å². The molecule has 1 unspecified atom stereocenters. The number of piperidine rings is 1. The molecule has 1 amide bonds. The number of likely N-dealkylation sites (tertiary alicyclic amines) is 1. The van der Waals surface area contributed by atoms with Crippen molar-refractivity contribution in [2.24, 2.45) is 7.05 Å². The monoisotopic (exact) mass is 332 g/mol. The Morgan fingerprint density at radius 3 is 2.79 bits per heavy atom. The second-order valence-corrected chi connectivity index (χ2v) is 7.53. The lowest BCUT2D eigenvalue weighted by Crippen LogP contribution is -2.49. The van der Waals surface area contributed by atoms with Crippen LogP contribution >= 0.6 is 0 Å². The highest BCUT2D eigenvalue weighted by atomic mass is 16.3. The number of H-pyrrole nitrogens is 1.